The molecular formula is C33H41NO2. The Morgan fingerprint density at radius 1 is 0.972 bits per heavy atom. The first kappa shape index (κ1) is 24.1. The minimum absolute atomic E-state index is 0.0898. The van der Waals surface area contributed by atoms with Crippen molar-refractivity contribution < 1.29 is 9.90 Å². The first-order chi connectivity index (χ1) is 17.1. The van der Waals surface area contributed by atoms with Gasteiger partial charge >= 0.3 is 0 Å². The predicted octanol–water partition coefficient (Wildman–Crippen LogP) is 6.58. The van der Waals surface area contributed by atoms with Gasteiger partial charge in [-0.25, -0.2) is 0 Å². The van der Waals surface area contributed by atoms with E-state index in [-0.39, 0.29) is 22.5 Å². The van der Waals surface area contributed by atoms with Gasteiger partial charge < -0.3 is 10.0 Å². The second-order valence-electron chi connectivity index (χ2n) is 13.0. The van der Waals surface area contributed by atoms with Gasteiger partial charge in [0.15, 0.2) is 5.78 Å². The zero-order valence-electron chi connectivity index (χ0n) is 22.5. The fraction of sp³-hybridized carbons (Fsp3) is 0.606. The fourth-order valence-corrected chi connectivity index (χ4v) is 8.26. The summed E-state index contributed by atoms with van der Waals surface area (Å²) >= 11 is 0. The number of ketones is 1. The number of aliphatic hydroxyl groups is 1. The highest BCUT2D eigenvalue weighted by Crippen LogP contribution is 2.66. The number of anilines is 1. The van der Waals surface area contributed by atoms with E-state index in [0.29, 0.717) is 18.3 Å². The molecule has 3 fully saturated rings. The van der Waals surface area contributed by atoms with Crippen LogP contribution >= 0.6 is 0 Å². The number of nitrogens with zero attached hydrogens (tertiary/aromatic N) is 1. The highest BCUT2D eigenvalue weighted by atomic mass is 16.3. The Morgan fingerprint density at radius 2 is 1.72 bits per heavy atom. The number of benzene rings is 1. The van der Waals surface area contributed by atoms with Crippen LogP contribution in [0, 0.1) is 34.5 Å². The fourth-order valence-electron chi connectivity index (χ4n) is 8.26. The molecule has 0 aromatic heterocycles. The van der Waals surface area contributed by atoms with Gasteiger partial charge in [-0.2, -0.15) is 0 Å². The van der Waals surface area contributed by atoms with Gasteiger partial charge in [-0.1, -0.05) is 42.9 Å². The van der Waals surface area contributed by atoms with Crippen LogP contribution in [0.25, 0.3) is 0 Å². The summed E-state index contributed by atoms with van der Waals surface area (Å²) in [7, 11) is 4.16. The van der Waals surface area contributed by atoms with Gasteiger partial charge in [-0.05, 0) is 105 Å². The molecule has 36 heavy (non-hydrogen) atoms. The van der Waals surface area contributed by atoms with E-state index in [9.17, 15) is 9.90 Å². The van der Waals surface area contributed by atoms with Crippen LogP contribution in [0.3, 0.4) is 0 Å². The number of carbonyl (C=O) groups excluding carboxylic acids is 1. The average Bonchev–Trinajstić information content (AvgIpc) is 3.11. The van der Waals surface area contributed by atoms with Crippen molar-refractivity contribution >= 4 is 11.5 Å². The van der Waals surface area contributed by atoms with Crippen molar-refractivity contribution in [3.05, 3.63) is 52.6 Å². The Labute approximate surface area is 217 Å². The van der Waals surface area contributed by atoms with Gasteiger partial charge in [0, 0.05) is 43.0 Å². The van der Waals surface area contributed by atoms with E-state index in [1.807, 2.05) is 6.08 Å². The molecule has 0 unspecified atom stereocenters. The average molecular weight is 484 g/mol. The van der Waals surface area contributed by atoms with Crippen molar-refractivity contribution in [1.29, 1.82) is 0 Å². The summed E-state index contributed by atoms with van der Waals surface area (Å²) in [5.74, 6) is 8.56. The second kappa shape index (κ2) is 8.35. The molecule has 1 N–H and O–H groups in total. The molecular weight excluding hydrogens is 442 g/mol. The number of allylic oxidation sites excluding steroid dienone is 4. The summed E-state index contributed by atoms with van der Waals surface area (Å²) in [6.45, 7) is 4.61. The Hall–Kier alpha value is -2.31. The normalized spacial score (nSPS) is 36.5. The van der Waals surface area contributed by atoms with Crippen LogP contribution in [0.1, 0.15) is 89.5 Å². The maximum Gasteiger partial charge on any atom is 0.156 e. The van der Waals surface area contributed by atoms with Crippen LogP contribution in [0.15, 0.2) is 47.1 Å². The molecule has 5 aliphatic carbocycles. The molecule has 5 atom stereocenters. The molecule has 1 aromatic carbocycles. The van der Waals surface area contributed by atoms with E-state index >= 15 is 0 Å². The number of hydrogen-bond acceptors (Lipinski definition) is 3. The maximum absolute atomic E-state index is 12.3. The van der Waals surface area contributed by atoms with Crippen LogP contribution in [-0.4, -0.2) is 30.6 Å². The lowest BCUT2D eigenvalue weighted by Crippen LogP contribution is -2.51. The first-order valence-corrected chi connectivity index (χ1v) is 14.1. The zero-order valence-corrected chi connectivity index (χ0v) is 22.5. The summed E-state index contributed by atoms with van der Waals surface area (Å²) in [4.78, 5) is 14.4. The van der Waals surface area contributed by atoms with Crippen molar-refractivity contribution in [3.63, 3.8) is 0 Å². The maximum atomic E-state index is 12.3. The standard InChI is InChI=1S/C33H41NO2/c1-31(15-5-16-31)18-19-33(36)17-14-29-27-12-8-23-20-25(35)11-13-26(23)30(27)28(21-32(29,33)2)22-6-9-24(10-7-22)34(3)4/h6-7,9-10,20,27-29,36H,5,8,11-17,21H2,1-4H3/t27-,28+,29-,32-,33+/m0/s1. The third-order valence-electron chi connectivity index (χ3n) is 10.7. The van der Waals surface area contributed by atoms with Crippen LogP contribution in [0.2, 0.25) is 0 Å². The summed E-state index contributed by atoms with van der Waals surface area (Å²) in [6.07, 6.45) is 11.9. The number of fused-ring (bicyclic) bond motifs is 4. The quantitative estimate of drug-likeness (QED) is 0.483. The largest absolute Gasteiger partial charge is 0.378 e. The summed E-state index contributed by atoms with van der Waals surface area (Å²) in [6, 6.07) is 9.06. The van der Waals surface area contributed by atoms with E-state index in [1.54, 1.807) is 5.57 Å². The van der Waals surface area contributed by atoms with Crippen LogP contribution in [0.4, 0.5) is 5.69 Å². The second-order valence-corrected chi connectivity index (χ2v) is 13.0. The van der Waals surface area contributed by atoms with Crippen LogP contribution < -0.4 is 4.90 Å². The van der Waals surface area contributed by atoms with Crippen molar-refractivity contribution in [2.75, 3.05) is 19.0 Å². The zero-order chi connectivity index (χ0) is 25.3. The molecule has 3 nitrogen and oxygen atoms in total. The number of carbonyl (C=O) groups is 1. The Kier molecular flexibility index (Phi) is 5.58. The molecule has 1 aromatic rings. The molecule has 0 spiro atoms. The van der Waals surface area contributed by atoms with E-state index < -0.39 is 5.60 Å². The Morgan fingerprint density at radius 3 is 2.39 bits per heavy atom. The lowest BCUT2D eigenvalue weighted by molar-refractivity contribution is -0.114. The summed E-state index contributed by atoms with van der Waals surface area (Å²) in [5.41, 5.74) is 5.84. The smallest absolute Gasteiger partial charge is 0.156 e. The summed E-state index contributed by atoms with van der Waals surface area (Å²) < 4.78 is 0. The molecule has 0 amide bonds. The summed E-state index contributed by atoms with van der Waals surface area (Å²) in [5, 5.41) is 12.2. The van der Waals surface area contributed by atoms with E-state index in [0.717, 1.165) is 51.4 Å². The molecule has 0 bridgehead atoms. The molecule has 0 heterocycles. The molecule has 190 valence electrons. The minimum Gasteiger partial charge on any atom is -0.378 e. The lowest BCUT2D eigenvalue weighted by Gasteiger charge is -2.54. The Balaban J connectivity index is 1.46. The van der Waals surface area contributed by atoms with Crippen LogP contribution in [-0.2, 0) is 4.79 Å². The molecule has 0 radical (unpaired) electrons. The van der Waals surface area contributed by atoms with Gasteiger partial charge in [0.05, 0.1) is 0 Å². The van der Waals surface area contributed by atoms with Gasteiger partial charge in [0.2, 0.25) is 0 Å². The topological polar surface area (TPSA) is 40.5 Å². The number of hydrogen-bond donors (Lipinski definition) is 1. The van der Waals surface area contributed by atoms with E-state index in [1.165, 1.54) is 28.8 Å². The molecule has 6 rings (SSSR count). The molecule has 0 saturated heterocycles. The minimum atomic E-state index is -0.924. The highest BCUT2D eigenvalue weighted by Gasteiger charge is 2.62. The third-order valence-corrected chi connectivity index (χ3v) is 10.7. The highest BCUT2D eigenvalue weighted by molar-refractivity contribution is 5.93. The lowest BCUT2D eigenvalue weighted by atomic mass is 9.51. The molecule has 3 saturated carbocycles. The van der Waals surface area contributed by atoms with E-state index in [4.69, 9.17) is 0 Å². The monoisotopic (exact) mass is 483 g/mol. The number of rotatable bonds is 2. The van der Waals surface area contributed by atoms with Crippen molar-refractivity contribution in [2.24, 2.45) is 22.7 Å². The van der Waals surface area contributed by atoms with Crippen molar-refractivity contribution in [2.45, 2.75) is 89.6 Å². The molecule has 0 aliphatic heterocycles. The van der Waals surface area contributed by atoms with Crippen LogP contribution in [0.5, 0.6) is 0 Å². The van der Waals surface area contributed by atoms with Gasteiger partial charge in [0.25, 0.3) is 0 Å². The van der Waals surface area contributed by atoms with Gasteiger partial charge in [-0.3, -0.25) is 4.79 Å². The van der Waals surface area contributed by atoms with Crippen molar-refractivity contribution in [1.82, 2.24) is 0 Å². The molecule has 3 heteroatoms. The first-order valence-electron chi connectivity index (χ1n) is 14.1. The van der Waals surface area contributed by atoms with Crippen molar-refractivity contribution in [3.8, 4) is 11.8 Å². The SMILES string of the molecule is CN(C)c1ccc([C@H]2C[C@@]3(C)[C@@H](CC[C@@]3(O)C#CC3(C)CCC3)[C@@H]3CCC4=CC(=O)CCC4=C32)cc1. The van der Waals surface area contributed by atoms with Gasteiger partial charge in [0.1, 0.15) is 5.60 Å². The predicted molar refractivity (Wildman–Crippen MR) is 146 cm³/mol. The van der Waals surface area contributed by atoms with Gasteiger partial charge in [-0.15, -0.1) is 0 Å². The third kappa shape index (κ3) is 3.63. The molecule has 5 aliphatic rings. The Bertz CT molecular complexity index is 1200. The van der Waals surface area contributed by atoms with E-state index in [2.05, 4.69) is 68.9 Å².